The molecule has 3 heterocycles. The van der Waals surface area contributed by atoms with Crippen LogP contribution < -0.4 is 88.4 Å². The molecule has 0 N–H and O–H groups in total. The van der Waals surface area contributed by atoms with Gasteiger partial charge in [0.05, 0.1) is 16.7 Å². The van der Waals surface area contributed by atoms with Crippen molar-refractivity contribution >= 4 is 165 Å². The van der Waals surface area contributed by atoms with E-state index < -0.39 is 24.2 Å². The lowest BCUT2D eigenvalue weighted by Crippen LogP contribution is -2.80. The fourth-order valence-electron chi connectivity index (χ4n) is 19.0. The second kappa shape index (κ2) is 27.3. The monoisotopic (exact) mass is 1440 g/mol. The van der Waals surface area contributed by atoms with Gasteiger partial charge in [-0.3, -0.25) is 0 Å². The van der Waals surface area contributed by atoms with Gasteiger partial charge in [-0.1, -0.05) is 388 Å². The van der Waals surface area contributed by atoms with Crippen molar-refractivity contribution in [2.45, 2.75) is 0 Å². The zero-order chi connectivity index (χ0) is 72.3. The highest BCUT2D eigenvalue weighted by atomic mass is 28.3. The minimum Gasteiger partial charge on any atom is -0.311 e. The van der Waals surface area contributed by atoms with Gasteiger partial charge >= 0.3 is 0 Å². The van der Waals surface area contributed by atoms with E-state index in [1.807, 2.05) is 0 Å². The molecule has 512 valence electrons. The van der Waals surface area contributed by atoms with Crippen molar-refractivity contribution in [2.75, 3.05) is 9.80 Å². The molecule has 0 spiro atoms. The van der Waals surface area contributed by atoms with E-state index in [0.29, 0.717) is 0 Å². The number of hydrogen-bond acceptors (Lipinski definition) is 2. The number of nitrogens with zero attached hydrogens (tertiary/aromatic N) is 3. The Bertz CT molecular complexity index is 6010. The van der Waals surface area contributed by atoms with Crippen molar-refractivity contribution in [3.63, 3.8) is 0 Å². The summed E-state index contributed by atoms with van der Waals surface area (Å²) in [6.45, 7) is -0.352. The lowest BCUT2D eigenvalue weighted by atomic mass is 9.33. The Morgan fingerprint density at radius 2 is 0.523 bits per heavy atom. The Labute approximate surface area is 641 Å². The van der Waals surface area contributed by atoms with Crippen LogP contribution in [-0.4, -0.2) is 35.5 Å². The van der Waals surface area contributed by atoms with Gasteiger partial charge in [-0.15, -0.1) is 0 Å². The number of benzene rings is 17. The van der Waals surface area contributed by atoms with Gasteiger partial charge in [0.25, 0.3) is 6.71 Å². The van der Waals surface area contributed by atoms with Crippen molar-refractivity contribution < 1.29 is 0 Å². The largest absolute Gasteiger partial charge is 0.311 e. The summed E-state index contributed by atoms with van der Waals surface area (Å²) in [6.07, 6.45) is 0. The first-order valence-corrected chi connectivity index (χ1v) is 43.9. The highest BCUT2D eigenvalue weighted by Crippen LogP contribution is 2.47. The molecule has 0 saturated carbocycles. The van der Waals surface area contributed by atoms with Crippen molar-refractivity contribution in [3.8, 4) is 16.8 Å². The second-order valence-electron chi connectivity index (χ2n) is 28.9. The highest BCUT2D eigenvalue weighted by molar-refractivity contribution is 7.23. The molecule has 0 bridgehead atoms. The SMILES string of the molecule is c1ccc(-c2cccc(N3c4cc(-n5c6ccccc6c6ccccc65)cc5c4B(c4cc([Si](c6ccccc6)(c6ccccc6)c6ccccc6)ccc4N5c4cccc([Si](c5ccccc5)(c5ccccc5)c5ccccc5)c4)c4c3cccc4[Si](c3ccccc3)(c3ccccc3)c3ccccc3)c2)cc1. The molecule has 7 heteroatoms. The van der Waals surface area contributed by atoms with E-state index in [9.17, 15) is 0 Å². The number of aromatic nitrogens is 1. The molecular formula is C102H74BN3Si3. The van der Waals surface area contributed by atoms with Crippen LogP contribution in [0.15, 0.2) is 449 Å². The van der Waals surface area contributed by atoms with E-state index >= 15 is 0 Å². The van der Waals surface area contributed by atoms with Crippen LogP contribution in [-0.2, 0) is 0 Å². The van der Waals surface area contributed by atoms with Crippen LogP contribution in [0.25, 0.3) is 38.6 Å². The van der Waals surface area contributed by atoms with Crippen molar-refractivity contribution in [1.29, 1.82) is 0 Å². The van der Waals surface area contributed by atoms with E-state index in [-0.39, 0.29) is 6.71 Å². The molecule has 3 nitrogen and oxygen atoms in total. The van der Waals surface area contributed by atoms with Gasteiger partial charge in [0, 0.05) is 44.9 Å². The number of para-hydroxylation sites is 2. The molecule has 0 aliphatic carbocycles. The van der Waals surface area contributed by atoms with Crippen LogP contribution in [0.5, 0.6) is 0 Å². The van der Waals surface area contributed by atoms with E-state index in [1.165, 1.54) is 89.4 Å². The Morgan fingerprint density at radius 3 is 0.954 bits per heavy atom. The Hall–Kier alpha value is -13.1. The third-order valence-electron chi connectivity index (χ3n) is 23.4. The molecule has 0 unspecified atom stereocenters. The summed E-state index contributed by atoms with van der Waals surface area (Å²) in [6, 6.07) is 172. The summed E-state index contributed by atoms with van der Waals surface area (Å²) in [5, 5.41) is 18.3. The van der Waals surface area contributed by atoms with Crippen LogP contribution in [0.4, 0.5) is 34.1 Å². The maximum atomic E-state index is 2.73. The molecule has 2 aliphatic rings. The molecule has 0 radical (unpaired) electrons. The third-order valence-corrected chi connectivity index (χ3v) is 37.8. The standard InChI is InChI=1S/C102H74BN3Si3/c1-11-38-75(39-12-1)76-40-35-41-77(70-76)105-97-66-37-67-100(109(86-55-25-8-26-56-86,87-57-27-9-28-58-87)88-59-29-10-30-60-88)102(97)103-93-74-90(108(83-49-19-5-20-50-83,84-51-21-6-22-52-84)85-53-23-7-24-54-85)68-69-96(93)104(98-72-79(73-99(105)101(98)103)106-94-64-33-31-62-91(94)92-63-32-34-65-95(92)106)78-42-36-61-89(71-78)107(80-43-13-2-14-44-80,81-45-15-3-16-46-81)82-47-17-4-18-48-82/h1-74H. The fraction of sp³-hybridized carbons (Fsp3) is 0. The lowest BCUT2D eigenvalue weighted by molar-refractivity contribution is 1.16. The minimum absolute atomic E-state index is 0.352. The van der Waals surface area contributed by atoms with Gasteiger partial charge < -0.3 is 14.4 Å². The maximum absolute atomic E-state index is 3.43. The molecule has 20 rings (SSSR count). The minimum atomic E-state index is -3.43. The van der Waals surface area contributed by atoms with Gasteiger partial charge in [0.1, 0.15) is 0 Å². The normalized spacial score (nSPS) is 12.5. The molecule has 109 heavy (non-hydrogen) atoms. The van der Waals surface area contributed by atoms with Crippen molar-refractivity contribution in [3.05, 3.63) is 449 Å². The first-order valence-electron chi connectivity index (χ1n) is 37.9. The average molecular weight is 1440 g/mol. The zero-order valence-corrected chi connectivity index (χ0v) is 63.1. The number of anilines is 6. The van der Waals surface area contributed by atoms with E-state index in [2.05, 4.69) is 463 Å². The van der Waals surface area contributed by atoms with E-state index in [1.54, 1.807) is 0 Å². The number of hydrogen-bond donors (Lipinski definition) is 0. The summed E-state index contributed by atoms with van der Waals surface area (Å²) >= 11 is 0. The van der Waals surface area contributed by atoms with Crippen LogP contribution in [0.3, 0.4) is 0 Å². The summed E-state index contributed by atoms with van der Waals surface area (Å²) in [4.78, 5) is 5.38. The molecule has 0 atom stereocenters. The molecule has 0 saturated heterocycles. The first kappa shape index (κ1) is 65.4. The highest BCUT2D eigenvalue weighted by Gasteiger charge is 2.52. The quantitative estimate of drug-likeness (QED) is 0.0706. The molecule has 2 aliphatic heterocycles. The zero-order valence-electron chi connectivity index (χ0n) is 60.1. The van der Waals surface area contributed by atoms with Crippen molar-refractivity contribution in [1.82, 2.24) is 4.57 Å². The molecule has 0 amide bonds. The van der Waals surface area contributed by atoms with Gasteiger partial charge in [0.15, 0.2) is 24.2 Å². The van der Waals surface area contributed by atoms with Crippen LogP contribution in [0.1, 0.15) is 0 Å². The first-order chi connectivity index (χ1) is 54.1. The maximum Gasteiger partial charge on any atom is 0.252 e. The smallest absolute Gasteiger partial charge is 0.252 e. The van der Waals surface area contributed by atoms with Gasteiger partial charge in [-0.25, -0.2) is 0 Å². The third kappa shape index (κ3) is 10.4. The predicted octanol–water partition coefficient (Wildman–Crippen LogP) is 14.7. The van der Waals surface area contributed by atoms with Gasteiger partial charge in [0.2, 0.25) is 0 Å². The number of rotatable bonds is 16. The Kier molecular flexibility index (Phi) is 16.4. The summed E-state index contributed by atoms with van der Waals surface area (Å²) in [5.74, 6) is 0. The molecular weight excluding hydrogens is 1360 g/mol. The summed E-state index contributed by atoms with van der Waals surface area (Å²) in [7, 11) is -9.83. The van der Waals surface area contributed by atoms with Gasteiger partial charge in [-0.2, -0.15) is 0 Å². The van der Waals surface area contributed by atoms with E-state index in [0.717, 1.165) is 62.0 Å². The molecule has 18 aromatic rings. The molecule has 17 aromatic carbocycles. The lowest BCUT2D eigenvalue weighted by Gasteiger charge is -2.47. The number of fused-ring (bicyclic) bond motifs is 7. The summed E-state index contributed by atoms with van der Waals surface area (Å²) < 4.78 is 2.55. The van der Waals surface area contributed by atoms with Crippen LogP contribution in [0.2, 0.25) is 0 Å². The Balaban J connectivity index is 0.988. The van der Waals surface area contributed by atoms with Crippen molar-refractivity contribution in [2.24, 2.45) is 0 Å². The fourth-order valence-corrected chi connectivity index (χ4v) is 33.6. The average Bonchev–Trinajstić information content (AvgIpc) is 0.941. The summed E-state index contributed by atoms with van der Waals surface area (Å²) in [5.41, 5.74) is 16.2. The second-order valence-corrected chi connectivity index (χ2v) is 40.3. The topological polar surface area (TPSA) is 11.4 Å². The molecule has 0 fully saturated rings. The molecule has 1 aromatic heterocycles. The van der Waals surface area contributed by atoms with Crippen LogP contribution in [0, 0.1) is 0 Å². The van der Waals surface area contributed by atoms with Crippen LogP contribution >= 0.6 is 0 Å². The Morgan fingerprint density at radius 1 is 0.193 bits per heavy atom. The van der Waals surface area contributed by atoms with Gasteiger partial charge in [-0.05, 0) is 150 Å². The van der Waals surface area contributed by atoms with E-state index in [4.69, 9.17) is 0 Å². The predicted molar refractivity (Wildman–Crippen MR) is 471 cm³/mol.